The van der Waals surface area contributed by atoms with E-state index in [1.54, 1.807) is 0 Å². The molecular formula is C16H27NO2. The average Bonchev–Trinajstić information content (AvgIpc) is 2.46. The third-order valence-corrected chi connectivity index (χ3v) is 3.15. The van der Waals surface area contributed by atoms with Crippen LogP contribution in [0.15, 0.2) is 30.3 Å². The van der Waals surface area contributed by atoms with E-state index >= 15 is 0 Å². The van der Waals surface area contributed by atoms with Gasteiger partial charge in [-0.05, 0) is 24.8 Å². The van der Waals surface area contributed by atoms with Gasteiger partial charge < -0.3 is 10.4 Å². The number of aliphatic hydroxyl groups excluding tert-OH is 1. The summed E-state index contributed by atoms with van der Waals surface area (Å²) < 4.78 is 0. The number of nitrogens with one attached hydrogen (secondary N) is 1. The number of amides is 1. The van der Waals surface area contributed by atoms with Gasteiger partial charge in [-0.15, -0.1) is 0 Å². The first kappa shape index (κ1) is 17.6. The number of aliphatic hydroxyl groups is 1. The van der Waals surface area contributed by atoms with Gasteiger partial charge in [0, 0.05) is 6.61 Å². The van der Waals surface area contributed by atoms with Crippen LogP contribution in [-0.2, 0) is 4.79 Å². The highest BCUT2D eigenvalue weighted by molar-refractivity contribution is 5.47. The molecule has 0 aliphatic heterocycles. The van der Waals surface area contributed by atoms with E-state index in [0.717, 1.165) is 18.4 Å². The molecule has 0 heterocycles. The lowest BCUT2D eigenvalue weighted by atomic mass is 10.0. The zero-order chi connectivity index (χ0) is 14.5. The van der Waals surface area contributed by atoms with E-state index in [4.69, 9.17) is 5.11 Å². The van der Waals surface area contributed by atoms with Gasteiger partial charge in [0.1, 0.15) is 0 Å². The summed E-state index contributed by atoms with van der Waals surface area (Å²) in [4.78, 5) is 10.1. The van der Waals surface area contributed by atoms with Crippen LogP contribution in [0.1, 0.15) is 51.6 Å². The standard InChI is InChI=1S/C9H11NO.C7H16O/c1-8(10-7-11)9-5-3-2-4-6-9;1-3-5-7(4-2)6-8/h2-8H,1H3,(H,10,11);7-8H,3-6H2,1-2H3. The van der Waals surface area contributed by atoms with Crippen LogP contribution >= 0.6 is 0 Å². The summed E-state index contributed by atoms with van der Waals surface area (Å²) in [6.07, 6.45) is 4.20. The fourth-order valence-electron chi connectivity index (χ4n) is 1.77. The van der Waals surface area contributed by atoms with E-state index < -0.39 is 0 Å². The lowest BCUT2D eigenvalue weighted by Gasteiger charge is -2.08. The van der Waals surface area contributed by atoms with Crippen molar-refractivity contribution >= 4 is 6.41 Å². The van der Waals surface area contributed by atoms with Gasteiger partial charge in [0.15, 0.2) is 0 Å². The molecule has 0 radical (unpaired) electrons. The van der Waals surface area contributed by atoms with E-state index in [0.29, 0.717) is 12.5 Å². The van der Waals surface area contributed by atoms with Crippen LogP contribution < -0.4 is 5.32 Å². The maximum atomic E-state index is 10.1. The highest BCUT2D eigenvalue weighted by Crippen LogP contribution is 2.09. The monoisotopic (exact) mass is 265 g/mol. The quantitative estimate of drug-likeness (QED) is 0.743. The Morgan fingerprint density at radius 1 is 1.26 bits per heavy atom. The second-order valence-electron chi connectivity index (χ2n) is 4.66. The Morgan fingerprint density at radius 2 is 1.89 bits per heavy atom. The molecule has 0 aliphatic carbocycles. The van der Waals surface area contributed by atoms with E-state index in [1.807, 2.05) is 37.3 Å². The number of hydrogen-bond acceptors (Lipinski definition) is 2. The summed E-state index contributed by atoms with van der Waals surface area (Å²) in [7, 11) is 0. The number of rotatable bonds is 7. The van der Waals surface area contributed by atoms with Gasteiger partial charge in [-0.1, -0.05) is 57.0 Å². The second-order valence-corrected chi connectivity index (χ2v) is 4.66. The lowest BCUT2D eigenvalue weighted by Crippen LogP contribution is -2.15. The van der Waals surface area contributed by atoms with Crippen molar-refractivity contribution in [1.82, 2.24) is 5.32 Å². The number of carbonyl (C=O) groups is 1. The van der Waals surface area contributed by atoms with Crippen molar-refractivity contribution in [2.24, 2.45) is 5.92 Å². The first-order valence-corrected chi connectivity index (χ1v) is 7.04. The Hall–Kier alpha value is -1.35. The Bertz CT molecular complexity index is 310. The molecule has 0 spiro atoms. The molecule has 108 valence electrons. The molecule has 0 bridgehead atoms. The Morgan fingerprint density at radius 3 is 2.26 bits per heavy atom. The van der Waals surface area contributed by atoms with E-state index in [9.17, 15) is 4.79 Å². The van der Waals surface area contributed by atoms with Crippen molar-refractivity contribution in [2.45, 2.75) is 46.1 Å². The summed E-state index contributed by atoms with van der Waals surface area (Å²) >= 11 is 0. The van der Waals surface area contributed by atoms with Crippen molar-refractivity contribution in [1.29, 1.82) is 0 Å². The smallest absolute Gasteiger partial charge is 0.207 e. The fraction of sp³-hybridized carbons (Fsp3) is 0.562. The molecule has 0 fully saturated rings. The number of hydrogen-bond donors (Lipinski definition) is 2. The van der Waals surface area contributed by atoms with Crippen molar-refractivity contribution in [3.05, 3.63) is 35.9 Å². The number of benzene rings is 1. The summed E-state index contributed by atoms with van der Waals surface area (Å²) in [5.74, 6) is 0.556. The zero-order valence-corrected chi connectivity index (χ0v) is 12.3. The average molecular weight is 265 g/mol. The first-order valence-electron chi connectivity index (χ1n) is 7.04. The minimum Gasteiger partial charge on any atom is -0.396 e. The molecule has 1 aromatic rings. The Labute approximate surface area is 117 Å². The topological polar surface area (TPSA) is 49.3 Å². The van der Waals surface area contributed by atoms with E-state index in [-0.39, 0.29) is 6.04 Å². The molecule has 1 rings (SSSR count). The van der Waals surface area contributed by atoms with Crippen molar-refractivity contribution < 1.29 is 9.90 Å². The molecule has 1 amide bonds. The van der Waals surface area contributed by atoms with Gasteiger partial charge in [-0.2, -0.15) is 0 Å². The van der Waals surface area contributed by atoms with Crippen molar-refractivity contribution in [2.75, 3.05) is 6.61 Å². The SMILES string of the molecule is CC(NC=O)c1ccccc1.CCCC(CC)CO. The Balaban J connectivity index is 0.000000362. The van der Waals surface area contributed by atoms with Crippen molar-refractivity contribution in [3.63, 3.8) is 0 Å². The molecule has 2 unspecified atom stereocenters. The van der Waals surface area contributed by atoms with Crippen LogP contribution in [0.5, 0.6) is 0 Å². The Kier molecular flexibility index (Phi) is 10.9. The minimum atomic E-state index is 0.105. The third-order valence-electron chi connectivity index (χ3n) is 3.15. The van der Waals surface area contributed by atoms with Gasteiger partial charge >= 0.3 is 0 Å². The predicted octanol–water partition coefficient (Wildman–Crippen LogP) is 3.30. The largest absolute Gasteiger partial charge is 0.396 e. The van der Waals surface area contributed by atoms with Crippen LogP contribution in [0.3, 0.4) is 0 Å². The molecule has 2 atom stereocenters. The highest BCUT2D eigenvalue weighted by atomic mass is 16.3. The molecule has 3 heteroatoms. The summed E-state index contributed by atoms with van der Waals surface area (Å²) in [5, 5.41) is 11.3. The van der Waals surface area contributed by atoms with Gasteiger partial charge in [0.25, 0.3) is 0 Å². The molecule has 0 saturated carbocycles. The third kappa shape index (κ3) is 8.38. The second kappa shape index (κ2) is 11.7. The zero-order valence-electron chi connectivity index (χ0n) is 12.3. The molecule has 0 aliphatic rings. The van der Waals surface area contributed by atoms with Crippen LogP contribution in [0.2, 0.25) is 0 Å². The van der Waals surface area contributed by atoms with E-state index in [1.165, 1.54) is 12.8 Å². The maximum absolute atomic E-state index is 10.1. The molecule has 0 aromatic heterocycles. The molecule has 3 nitrogen and oxygen atoms in total. The number of carbonyl (C=O) groups excluding carboxylic acids is 1. The molecular weight excluding hydrogens is 238 g/mol. The maximum Gasteiger partial charge on any atom is 0.207 e. The van der Waals surface area contributed by atoms with Gasteiger partial charge in [0.2, 0.25) is 6.41 Å². The highest BCUT2D eigenvalue weighted by Gasteiger charge is 2.00. The van der Waals surface area contributed by atoms with Gasteiger partial charge in [0.05, 0.1) is 6.04 Å². The summed E-state index contributed by atoms with van der Waals surface area (Å²) in [5.41, 5.74) is 1.12. The predicted molar refractivity (Wildman–Crippen MR) is 79.8 cm³/mol. The van der Waals surface area contributed by atoms with Crippen molar-refractivity contribution in [3.8, 4) is 0 Å². The molecule has 1 aromatic carbocycles. The molecule has 0 saturated heterocycles. The first-order chi connectivity index (χ1) is 9.19. The molecule has 19 heavy (non-hydrogen) atoms. The fourth-order valence-corrected chi connectivity index (χ4v) is 1.77. The van der Waals surface area contributed by atoms with Crippen LogP contribution in [0, 0.1) is 5.92 Å². The van der Waals surface area contributed by atoms with Crippen LogP contribution in [-0.4, -0.2) is 18.1 Å². The minimum absolute atomic E-state index is 0.105. The molecule has 2 N–H and O–H groups in total. The lowest BCUT2D eigenvalue weighted by molar-refractivity contribution is -0.110. The van der Waals surface area contributed by atoms with Gasteiger partial charge in [-0.3, -0.25) is 4.79 Å². The summed E-state index contributed by atoms with van der Waals surface area (Å²) in [6.45, 7) is 6.59. The van der Waals surface area contributed by atoms with Crippen LogP contribution in [0.25, 0.3) is 0 Å². The van der Waals surface area contributed by atoms with Crippen LogP contribution in [0.4, 0.5) is 0 Å². The summed E-state index contributed by atoms with van der Waals surface area (Å²) in [6, 6.07) is 9.95. The van der Waals surface area contributed by atoms with E-state index in [2.05, 4.69) is 19.2 Å². The normalized spacial score (nSPS) is 12.8. The van der Waals surface area contributed by atoms with Gasteiger partial charge in [-0.25, -0.2) is 0 Å².